The molecule has 0 aliphatic carbocycles. The summed E-state index contributed by atoms with van der Waals surface area (Å²) in [4.78, 5) is 17.2. The molecule has 38 heavy (non-hydrogen) atoms. The number of halogens is 4. The number of hydrogen-bond donors (Lipinski definition) is 0. The number of pyridine rings is 1. The number of nitrogens with zero attached hydrogens (tertiary/aromatic N) is 5. The summed E-state index contributed by atoms with van der Waals surface area (Å²) in [6, 6.07) is 3.78. The maximum absolute atomic E-state index is 13.8. The minimum Gasteiger partial charge on any atom is -0.364 e. The number of hydrogen-bond acceptors (Lipinski definition) is 4. The fourth-order valence-corrected chi connectivity index (χ4v) is 5.47. The number of aryl methyl sites for hydroxylation is 1. The normalized spacial score (nSPS) is 19.4. The number of fused-ring (bicyclic) bond motifs is 1. The molecule has 0 unspecified atom stereocenters. The Hall–Kier alpha value is -3.32. The summed E-state index contributed by atoms with van der Waals surface area (Å²) in [5, 5.41) is 4.73. The first-order valence-corrected chi connectivity index (χ1v) is 12.9. The Bertz CT molecular complexity index is 1430. The molecular formula is C28H33F4N5O. The highest BCUT2D eigenvalue weighted by atomic mass is 19.4. The third kappa shape index (κ3) is 5.17. The molecule has 1 saturated heterocycles. The van der Waals surface area contributed by atoms with Crippen LogP contribution in [0.3, 0.4) is 0 Å². The van der Waals surface area contributed by atoms with Crippen LogP contribution in [0.25, 0.3) is 11.0 Å². The zero-order valence-electron chi connectivity index (χ0n) is 22.3. The summed E-state index contributed by atoms with van der Waals surface area (Å²) in [5.41, 5.74) is 1.08. The van der Waals surface area contributed by atoms with Crippen LogP contribution in [0, 0.1) is 17.7 Å². The Morgan fingerprint density at radius 3 is 2.47 bits per heavy atom. The number of piperazine rings is 1. The van der Waals surface area contributed by atoms with Crippen LogP contribution >= 0.6 is 0 Å². The smallest absolute Gasteiger partial charge is 0.364 e. The Balaban J connectivity index is 1.74. The van der Waals surface area contributed by atoms with E-state index in [2.05, 4.69) is 21.6 Å². The maximum Gasteiger partial charge on any atom is 0.416 e. The molecule has 3 atom stereocenters. The summed E-state index contributed by atoms with van der Waals surface area (Å²) < 4.78 is 58.5. The van der Waals surface area contributed by atoms with Crippen molar-refractivity contribution >= 4 is 16.7 Å². The van der Waals surface area contributed by atoms with Gasteiger partial charge in [-0.05, 0) is 44.4 Å². The molecule has 1 fully saturated rings. The van der Waals surface area contributed by atoms with E-state index in [1.807, 2.05) is 20.0 Å². The molecule has 0 spiro atoms. The average molecular weight is 532 g/mol. The number of benzene rings is 1. The van der Waals surface area contributed by atoms with Crippen molar-refractivity contribution in [1.82, 2.24) is 19.2 Å². The van der Waals surface area contributed by atoms with Gasteiger partial charge in [-0.2, -0.15) is 18.3 Å². The number of alkyl halides is 3. The lowest BCUT2D eigenvalue weighted by atomic mass is 9.94. The predicted octanol–water partition coefficient (Wildman–Crippen LogP) is 5.36. The maximum atomic E-state index is 13.8. The van der Waals surface area contributed by atoms with Crippen LogP contribution in [0.1, 0.15) is 57.7 Å². The fraction of sp³-hybridized carbons (Fsp3) is 0.500. The molecule has 204 valence electrons. The molecule has 1 aromatic carbocycles. The van der Waals surface area contributed by atoms with Gasteiger partial charge in [0.1, 0.15) is 17.9 Å². The van der Waals surface area contributed by atoms with Crippen LogP contribution in [0.2, 0.25) is 0 Å². The highest BCUT2D eigenvalue weighted by Gasteiger charge is 2.40. The zero-order valence-corrected chi connectivity index (χ0v) is 22.3. The molecule has 4 rings (SSSR count). The highest BCUT2D eigenvalue weighted by molar-refractivity contribution is 5.88. The molecule has 10 heteroatoms. The predicted molar refractivity (Wildman–Crippen MR) is 140 cm³/mol. The van der Waals surface area contributed by atoms with Gasteiger partial charge in [0.15, 0.2) is 0 Å². The van der Waals surface area contributed by atoms with Crippen molar-refractivity contribution in [3.8, 4) is 11.8 Å². The largest absolute Gasteiger partial charge is 0.416 e. The Kier molecular flexibility index (Phi) is 7.88. The Labute approximate surface area is 219 Å². The Morgan fingerprint density at radius 1 is 1.13 bits per heavy atom. The molecule has 1 aliphatic heterocycles. The minimum absolute atomic E-state index is 0.0624. The van der Waals surface area contributed by atoms with Gasteiger partial charge in [-0.25, -0.2) is 4.39 Å². The molecule has 0 radical (unpaired) electrons. The van der Waals surface area contributed by atoms with Crippen molar-refractivity contribution in [2.45, 2.75) is 71.4 Å². The van der Waals surface area contributed by atoms with E-state index in [9.17, 15) is 22.4 Å². The molecule has 6 nitrogen and oxygen atoms in total. The van der Waals surface area contributed by atoms with E-state index < -0.39 is 23.6 Å². The van der Waals surface area contributed by atoms with Gasteiger partial charge in [0.05, 0.1) is 23.0 Å². The van der Waals surface area contributed by atoms with Crippen LogP contribution in [0.4, 0.5) is 23.2 Å². The van der Waals surface area contributed by atoms with Gasteiger partial charge in [0, 0.05) is 44.3 Å². The molecular weight excluding hydrogens is 498 g/mol. The van der Waals surface area contributed by atoms with Crippen molar-refractivity contribution < 1.29 is 17.6 Å². The van der Waals surface area contributed by atoms with Crippen LogP contribution in [0.15, 0.2) is 35.3 Å². The van der Waals surface area contributed by atoms with Gasteiger partial charge in [-0.15, -0.1) is 5.92 Å². The average Bonchev–Trinajstić information content (AvgIpc) is 3.32. The first-order chi connectivity index (χ1) is 18.0. The number of rotatable bonds is 6. The fourth-order valence-electron chi connectivity index (χ4n) is 5.47. The summed E-state index contributed by atoms with van der Waals surface area (Å²) >= 11 is 0. The van der Waals surface area contributed by atoms with Crippen molar-refractivity contribution in [3.05, 3.63) is 57.8 Å². The third-order valence-electron chi connectivity index (χ3n) is 7.61. The summed E-state index contributed by atoms with van der Waals surface area (Å²) in [6.07, 6.45) is -1.44. The molecule has 0 bridgehead atoms. The zero-order chi connectivity index (χ0) is 27.8. The van der Waals surface area contributed by atoms with E-state index in [0.717, 1.165) is 11.8 Å². The quantitative estimate of drug-likeness (QED) is 0.318. The summed E-state index contributed by atoms with van der Waals surface area (Å²) in [6.45, 7) is 8.94. The van der Waals surface area contributed by atoms with Gasteiger partial charge < -0.3 is 9.47 Å². The van der Waals surface area contributed by atoms with Crippen molar-refractivity contribution in [3.63, 3.8) is 0 Å². The Morgan fingerprint density at radius 2 is 1.84 bits per heavy atom. The summed E-state index contributed by atoms with van der Waals surface area (Å²) in [7, 11) is 1.71. The standard InChI is InChI=1S/C28H33F4N5O/c1-6-9-12-35-17-25-27(33-35)24(14-26(38)34(25)5)37-16-20(7-2)36(15-21(37)8-3)18(4)22-11-10-19(29)13-23(22)28(30,31)32/h10-11,13-14,17-18,20-21H,7-8,12,15-16H2,1-5H3/t18-,20-,21+/m1/s1. The second-order valence-electron chi connectivity index (χ2n) is 9.79. The lowest BCUT2D eigenvalue weighted by molar-refractivity contribution is -0.139. The molecule has 0 saturated carbocycles. The lowest BCUT2D eigenvalue weighted by Gasteiger charge is -2.49. The van der Waals surface area contributed by atoms with E-state index in [4.69, 9.17) is 5.10 Å². The molecule has 1 aliphatic rings. The first kappa shape index (κ1) is 27.7. The topological polar surface area (TPSA) is 46.3 Å². The lowest BCUT2D eigenvalue weighted by Crippen LogP contribution is -2.59. The van der Waals surface area contributed by atoms with Gasteiger partial charge >= 0.3 is 6.18 Å². The molecule has 2 aromatic heterocycles. The van der Waals surface area contributed by atoms with Gasteiger partial charge in [-0.3, -0.25) is 14.4 Å². The third-order valence-corrected chi connectivity index (χ3v) is 7.61. The van der Waals surface area contributed by atoms with E-state index in [0.29, 0.717) is 49.6 Å². The monoisotopic (exact) mass is 531 g/mol. The van der Waals surface area contributed by atoms with Gasteiger partial charge in [0.25, 0.3) is 5.56 Å². The second kappa shape index (κ2) is 10.8. The number of anilines is 1. The van der Waals surface area contributed by atoms with Crippen LogP contribution in [-0.4, -0.2) is 44.4 Å². The van der Waals surface area contributed by atoms with E-state index in [1.165, 1.54) is 6.07 Å². The molecule has 0 N–H and O–H groups in total. The highest BCUT2D eigenvalue weighted by Crippen LogP contribution is 2.39. The van der Waals surface area contributed by atoms with Crippen LogP contribution in [0.5, 0.6) is 0 Å². The first-order valence-electron chi connectivity index (χ1n) is 12.9. The van der Waals surface area contributed by atoms with Crippen molar-refractivity contribution in [2.75, 3.05) is 18.0 Å². The number of aromatic nitrogens is 3. The van der Waals surface area contributed by atoms with Crippen molar-refractivity contribution in [2.24, 2.45) is 7.05 Å². The minimum atomic E-state index is -4.66. The van der Waals surface area contributed by atoms with Gasteiger partial charge in [-0.1, -0.05) is 25.8 Å². The van der Waals surface area contributed by atoms with Crippen LogP contribution in [-0.2, 0) is 19.8 Å². The molecule has 3 aromatic rings. The SMILES string of the molecule is CC#CCn1cc2c(n1)c(N1C[C@@H](CC)N([C@H](C)c3ccc(F)cc3C(F)(F)F)C[C@@H]1CC)cc(=O)n2C. The van der Waals surface area contributed by atoms with Gasteiger partial charge in [0.2, 0.25) is 0 Å². The summed E-state index contributed by atoms with van der Waals surface area (Å²) in [5.74, 6) is 4.93. The van der Waals surface area contributed by atoms with Crippen LogP contribution < -0.4 is 10.5 Å². The van der Waals surface area contributed by atoms with Crippen molar-refractivity contribution in [1.29, 1.82) is 0 Å². The molecule has 0 amide bonds. The second-order valence-corrected chi connectivity index (χ2v) is 9.79. The van der Waals surface area contributed by atoms with E-state index in [-0.39, 0.29) is 23.2 Å². The van der Waals surface area contributed by atoms with E-state index in [1.54, 1.807) is 36.2 Å². The van der Waals surface area contributed by atoms with E-state index >= 15 is 0 Å². The molecule has 3 heterocycles.